The average Bonchev–Trinajstić information content (AvgIpc) is 2.52. The van der Waals surface area contributed by atoms with Crippen LogP contribution in [0.1, 0.15) is 38.8 Å². The van der Waals surface area contributed by atoms with Crippen LogP contribution in [-0.2, 0) is 27.1 Å². The van der Waals surface area contributed by atoms with Crippen LogP contribution in [0.25, 0.3) is 0 Å². The highest BCUT2D eigenvalue weighted by Crippen LogP contribution is 2.12. The summed E-state index contributed by atoms with van der Waals surface area (Å²) in [6, 6.07) is 6.53. The van der Waals surface area contributed by atoms with Crippen molar-refractivity contribution in [3.05, 3.63) is 35.4 Å². The quantitative estimate of drug-likeness (QED) is 0.478. The molecule has 1 rings (SSSR count). The molecule has 1 aromatic carbocycles. The molecule has 0 saturated carbocycles. The van der Waals surface area contributed by atoms with E-state index in [0.29, 0.717) is 6.42 Å². The normalized spacial score (nSPS) is 12.2. The smallest absolute Gasteiger partial charge is 0.451 e. The maximum Gasteiger partial charge on any atom is 0.451 e. The molecule has 0 radical (unpaired) electrons. The van der Waals surface area contributed by atoms with Crippen molar-refractivity contribution in [3.8, 4) is 0 Å². The molecule has 26 heavy (non-hydrogen) atoms. The zero-order valence-corrected chi connectivity index (χ0v) is 15.8. The second-order valence-corrected chi connectivity index (χ2v) is 6.99. The minimum absolute atomic E-state index is 0.216. The van der Waals surface area contributed by atoms with Gasteiger partial charge in [0.1, 0.15) is 11.6 Å². The molecule has 7 nitrogen and oxygen atoms in total. The van der Waals surface area contributed by atoms with Gasteiger partial charge < -0.3 is 24.8 Å². The van der Waals surface area contributed by atoms with E-state index < -0.39 is 30.8 Å². The molecule has 0 aliphatic heterocycles. The van der Waals surface area contributed by atoms with Crippen LogP contribution >= 0.6 is 0 Å². The molecule has 1 aromatic rings. The van der Waals surface area contributed by atoms with E-state index in [1.807, 2.05) is 24.3 Å². The van der Waals surface area contributed by atoms with E-state index in [-0.39, 0.29) is 19.3 Å². The Bertz CT molecular complexity index is 582. The van der Waals surface area contributed by atoms with E-state index in [1.54, 1.807) is 27.7 Å². The van der Waals surface area contributed by atoms with Crippen LogP contribution in [0.3, 0.4) is 0 Å². The number of esters is 1. The molecular weight excluding hydrogens is 337 g/mol. The first kappa shape index (κ1) is 22.0. The number of hydrogen-bond acceptors (Lipinski definition) is 6. The lowest BCUT2D eigenvalue weighted by atomic mass is 9.82. The second kappa shape index (κ2) is 10.2. The Morgan fingerprint density at radius 2 is 1.73 bits per heavy atom. The Balaban J connectivity index is 2.75. The highest BCUT2D eigenvalue weighted by atomic mass is 16.6. The van der Waals surface area contributed by atoms with Crippen molar-refractivity contribution in [2.45, 2.75) is 58.5 Å². The van der Waals surface area contributed by atoms with Crippen LogP contribution in [0.15, 0.2) is 24.3 Å². The van der Waals surface area contributed by atoms with E-state index in [4.69, 9.17) is 19.5 Å². The molecule has 0 spiro atoms. The zero-order valence-electron chi connectivity index (χ0n) is 15.8. The van der Waals surface area contributed by atoms with Gasteiger partial charge in [-0.1, -0.05) is 24.3 Å². The Morgan fingerprint density at radius 3 is 2.23 bits per heavy atom. The van der Waals surface area contributed by atoms with Gasteiger partial charge in [0.05, 0.1) is 6.61 Å². The number of aryl methyl sites for hydroxylation is 1. The van der Waals surface area contributed by atoms with Gasteiger partial charge in [-0.05, 0) is 51.6 Å². The highest BCUT2D eigenvalue weighted by molar-refractivity contribution is 6.40. The topological polar surface area (TPSA) is 105 Å². The lowest BCUT2D eigenvalue weighted by Gasteiger charge is -2.23. The number of hydrogen-bond donors (Lipinski definition) is 3. The molecule has 1 amide bonds. The largest absolute Gasteiger partial charge is 0.464 e. The van der Waals surface area contributed by atoms with Gasteiger partial charge >= 0.3 is 19.2 Å². The fourth-order valence-electron chi connectivity index (χ4n) is 2.26. The molecule has 0 aliphatic rings. The summed E-state index contributed by atoms with van der Waals surface area (Å²) >= 11 is 0. The summed E-state index contributed by atoms with van der Waals surface area (Å²) in [5, 5.41) is 20.4. The first-order chi connectivity index (χ1) is 12.1. The van der Waals surface area contributed by atoms with E-state index in [0.717, 1.165) is 11.1 Å². The maximum atomic E-state index is 12.1. The van der Waals surface area contributed by atoms with Crippen LogP contribution in [0.4, 0.5) is 4.79 Å². The maximum absolute atomic E-state index is 12.1. The predicted molar refractivity (Wildman–Crippen MR) is 98.6 cm³/mol. The van der Waals surface area contributed by atoms with Gasteiger partial charge in [-0.3, -0.25) is 0 Å². The fourth-order valence-corrected chi connectivity index (χ4v) is 2.26. The Hall–Kier alpha value is -2.06. The van der Waals surface area contributed by atoms with E-state index in [1.165, 1.54) is 0 Å². The average molecular weight is 365 g/mol. The standard InChI is InChI=1S/C18H28BNO6/c1-5-25-16(21)15(20-17(22)26-18(2,3)4)12-14-8-6-13(7-9-14)10-11-19(23)24/h6-9,15,23-24H,5,10-12H2,1-4H3,(H,20,22). The summed E-state index contributed by atoms with van der Waals surface area (Å²) < 4.78 is 10.2. The summed E-state index contributed by atoms with van der Waals surface area (Å²) in [5.41, 5.74) is 1.13. The molecular formula is C18H28BNO6. The minimum atomic E-state index is -1.33. The molecule has 0 aliphatic carbocycles. The number of rotatable bonds is 8. The van der Waals surface area contributed by atoms with Gasteiger partial charge in [-0.25, -0.2) is 9.59 Å². The Kier molecular flexibility index (Phi) is 8.61. The number of carbonyl (C=O) groups is 2. The number of ether oxygens (including phenoxy) is 2. The van der Waals surface area contributed by atoms with Crippen molar-refractivity contribution in [1.82, 2.24) is 5.32 Å². The lowest BCUT2D eigenvalue weighted by Crippen LogP contribution is -2.45. The molecule has 0 aromatic heterocycles. The van der Waals surface area contributed by atoms with Crippen molar-refractivity contribution in [3.63, 3.8) is 0 Å². The van der Waals surface area contributed by atoms with E-state index in [2.05, 4.69) is 5.32 Å². The predicted octanol–water partition coefficient (Wildman–Crippen LogP) is 1.70. The molecule has 1 unspecified atom stereocenters. The lowest BCUT2D eigenvalue weighted by molar-refractivity contribution is -0.145. The van der Waals surface area contributed by atoms with E-state index in [9.17, 15) is 9.59 Å². The van der Waals surface area contributed by atoms with E-state index >= 15 is 0 Å². The van der Waals surface area contributed by atoms with Crippen molar-refractivity contribution in [2.75, 3.05) is 6.61 Å². The third-order valence-electron chi connectivity index (χ3n) is 3.42. The van der Waals surface area contributed by atoms with Crippen LogP contribution < -0.4 is 5.32 Å². The van der Waals surface area contributed by atoms with Crippen molar-refractivity contribution in [2.24, 2.45) is 0 Å². The number of benzene rings is 1. The van der Waals surface area contributed by atoms with Crippen LogP contribution in [0.5, 0.6) is 0 Å². The first-order valence-electron chi connectivity index (χ1n) is 8.71. The number of amides is 1. The second-order valence-electron chi connectivity index (χ2n) is 6.99. The van der Waals surface area contributed by atoms with Gasteiger partial charge in [0.2, 0.25) is 0 Å². The minimum Gasteiger partial charge on any atom is -0.464 e. The fraction of sp³-hybridized carbons (Fsp3) is 0.556. The van der Waals surface area contributed by atoms with Crippen LogP contribution in [-0.4, -0.2) is 47.5 Å². The summed E-state index contributed by atoms with van der Waals surface area (Å²) in [6.07, 6.45) is 0.380. The third kappa shape index (κ3) is 8.87. The molecule has 0 heterocycles. The van der Waals surface area contributed by atoms with Gasteiger partial charge in [0.15, 0.2) is 0 Å². The monoisotopic (exact) mass is 365 g/mol. The molecule has 144 valence electrons. The molecule has 0 saturated heterocycles. The summed E-state index contributed by atoms with van der Waals surface area (Å²) in [7, 11) is -1.33. The Labute approximate surface area is 154 Å². The number of carbonyl (C=O) groups excluding carboxylic acids is 2. The molecule has 8 heteroatoms. The first-order valence-corrected chi connectivity index (χ1v) is 8.71. The van der Waals surface area contributed by atoms with Crippen molar-refractivity contribution < 1.29 is 29.1 Å². The van der Waals surface area contributed by atoms with Crippen LogP contribution in [0, 0.1) is 0 Å². The van der Waals surface area contributed by atoms with Crippen molar-refractivity contribution >= 4 is 19.2 Å². The third-order valence-corrected chi connectivity index (χ3v) is 3.42. The highest BCUT2D eigenvalue weighted by Gasteiger charge is 2.25. The summed E-state index contributed by atoms with van der Waals surface area (Å²) in [4.78, 5) is 24.1. The van der Waals surface area contributed by atoms with Crippen LogP contribution in [0.2, 0.25) is 6.32 Å². The van der Waals surface area contributed by atoms with Gasteiger partial charge in [0, 0.05) is 6.42 Å². The van der Waals surface area contributed by atoms with Crippen molar-refractivity contribution in [1.29, 1.82) is 0 Å². The number of alkyl carbamates (subject to hydrolysis) is 1. The zero-order chi connectivity index (χ0) is 19.7. The summed E-state index contributed by atoms with van der Waals surface area (Å²) in [6.45, 7) is 7.15. The molecule has 0 fully saturated rings. The molecule has 0 bridgehead atoms. The van der Waals surface area contributed by atoms with Gasteiger partial charge in [-0.15, -0.1) is 0 Å². The van der Waals surface area contributed by atoms with Gasteiger partial charge in [-0.2, -0.15) is 0 Å². The number of nitrogens with one attached hydrogen (secondary N) is 1. The van der Waals surface area contributed by atoms with Gasteiger partial charge in [0.25, 0.3) is 0 Å². The Morgan fingerprint density at radius 1 is 1.15 bits per heavy atom. The SMILES string of the molecule is CCOC(=O)C(Cc1ccc(CCB(O)O)cc1)NC(=O)OC(C)(C)C. The summed E-state index contributed by atoms with van der Waals surface area (Å²) in [5.74, 6) is -0.522. The molecule has 1 atom stereocenters. The molecule has 3 N–H and O–H groups in total.